The summed E-state index contributed by atoms with van der Waals surface area (Å²) in [4.78, 5) is 29.0. The molecule has 2 saturated heterocycles. The highest BCUT2D eigenvalue weighted by atomic mass is 16.2. The Morgan fingerprint density at radius 1 is 0.806 bits per heavy atom. The molecule has 3 heterocycles. The van der Waals surface area contributed by atoms with E-state index in [1.165, 1.54) is 24.8 Å². The number of anilines is 2. The minimum Gasteiger partial charge on any atom is -0.356 e. The molecular formula is C25H35N5O. The minimum absolute atomic E-state index is 0.0932. The molecule has 0 aliphatic carbocycles. The van der Waals surface area contributed by atoms with Crippen molar-refractivity contribution >= 4 is 17.5 Å². The van der Waals surface area contributed by atoms with Crippen LogP contribution in [0.4, 0.5) is 11.6 Å². The van der Waals surface area contributed by atoms with Gasteiger partial charge in [-0.1, -0.05) is 32.9 Å². The molecule has 0 radical (unpaired) electrons. The van der Waals surface area contributed by atoms with E-state index in [9.17, 15) is 4.79 Å². The SMILES string of the molecule is Cc1nc(N2CCCCC2)cc(N2CCN(C(=O)c3ccc(C(C)(C)C)cc3)CC2)n1. The van der Waals surface area contributed by atoms with Crippen LogP contribution in [0.15, 0.2) is 30.3 Å². The fourth-order valence-corrected chi connectivity index (χ4v) is 4.42. The number of carbonyl (C=O) groups is 1. The molecule has 6 heteroatoms. The van der Waals surface area contributed by atoms with Gasteiger partial charge in [-0.15, -0.1) is 0 Å². The molecule has 1 aromatic heterocycles. The molecule has 2 aromatic rings. The van der Waals surface area contributed by atoms with Crippen molar-refractivity contribution < 1.29 is 4.79 Å². The van der Waals surface area contributed by atoms with E-state index in [-0.39, 0.29) is 11.3 Å². The molecule has 2 aliphatic rings. The molecule has 6 nitrogen and oxygen atoms in total. The molecule has 1 aromatic carbocycles. The molecular weight excluding hydrogens is 386 g/mol. The number of carbonyl (C=O) groups excluding carboxylic acids is 1. The van der Waals surface area contributed by atoms with Crippen molar-refractivity contribution in [2.75, 3.05) is 49.1 Å². The number of aryl methyl sites for hydroxylation is 1. The van der Waals surface area contributed by atoms with Crippen LogP contribution in [0.5, 0.6) is 0 Å². The molecule has 0 bridgehead atoms. The second kappa shape index (κ2) is 8.85. The summed E-state index contributed by atoms with van der Waals surface area (Å²) in [6.07, 6.45) is 3.77. The summed E-state index contributed by atoms with van der Waals surface area (Å²) in [6.45, 7) is 13.7. The van der Waals surface area contributed by atoms with Crippen molar-refractivity contribution in [3.05, 3.63) is 47.3 Å². The molecule has 31 heavy (non-hydrogen) atoms. The van der Waals surface area contributed by atoms with Gasteiger partial charge >= 0.3 is 0 Å². The first kappa shape index (κ1) is 21.6. The van der Waals surface area contributed by atoms with Gasteiger partial charge in [0.05, 0.1) is 0 Å². The van der Waals surface area contributed by atoms with Gasteiger partial charge < -0.3 is 14.7 Å². The number of hydrogen-bond acceptors (Lipinski definition) is 5. The Morgan fingerprint density at radius 2 is 1.35 bits per heavy atom. The minimum atomic E-state index is 0.0932. The van der Waals surface area contributed by atoms with Gasteiger partial charge in [0.15, 0.2) is 0 Å². The summed E-state index contributed by atoms with van der Waals surface area (Å²) >= 11 is 0. The Labute approximate surface area is 186 Å². The number of benzene rings is 1. The van der Waals surface area contributed by atoms with E-state index in [0.717, 1.165) is 49.2 Å². The molecule has 4 rings (SSSR count). The highest BCUT2D eigenvalue weighted by Crippen LogP contribution is 2.25. The first-order valence-electron chi connectivity index (χ1n) is 11.6. The summed E-state index contributed by atoms with van der Waals surface area (Å²) in [6, 6.07) is 10.2. The Hall–Kier alpha value is -2.63. The fraction of sp³-hybridized carbons (Fsp3) is 0.560. The van der Waals surface area contributed by atoms with Crippen molar-refractivity contribution in [1.82, 2.24) is 14.9 Å². The smallest absolute Gasteiger partial charge is 0.253 e. The third-order valence-electron chi connectivity index (χ3n) is 6.38. The zero-order valence-corrected chi connectivity index (χ0v) is 19.4. The lowest BCUT2D eigenvalue weighted by Crippen LogP contribution is -2.49. The Morgan fingerprint density at radius 3 is 1.90 bits per heavy atom. The number of piperidine rings is 1. The quantitative estimate of drug-likeness (QED) is 0.749. The van der Waals surface area contributed by atoms with Crippen LogP contribution < -0.4 is 9.80 Å². The first-order chi connectivity index (χ1) is 14.8. The van der Waals surface area contributed by atoms with E-state index >= 15 is 0 Å². The number of piperazine rings is 1. The third kappa shape index (κ3) is 5.00. The number of nitrogens with zero attached hydrogens (tertiary/aromatic N) is 5. The standard InChI is InChI=1S/C25H35N5O/c1-19-26-22(28-12-6-5-7-13-28)18-23(27-19)29-14-16-30(17-15-29)24(31)20-8-10-21(11-9-20)25(2,3)4/h8-11,18H,5-7,12-17H2,1-4H3. The van der Waals surface area contributed by atoms with Gasteiger partial charge in [0, 0.05) is 50.9 Å². The van der Waals surface area contributed by atoms with Crippen LogP contribution in [-0.2, 0) is 5.41 Å². The first-order valence-corrected chi connectivity index (χ1v) is 11.6. The summed E-state index contributed by atoms with van der Waals surface area (Å²) in [5, 5.41) is 0. The molecule has 0 atom stereocenters. The van der Waals surface area contributed by atoms with Crippen LogP contribution in [0.3, 0.4) is 0 Å². The summed E-state index contributed by atoms with van der Waals surface area (Å²) < 4.78 is 0. The Kier molecular flexibility index (Phi) is 6.17. The lowest BCUT2D eigenvalue weighted by atomic mass is 9.86. The average Bonchev–Trinajstić information content (AvgIpc) is 2.78. The number of aromatic nitrogens is 2. The predicted octanol–water partition coefficient (Wildman–Crippen LogP) is 4.04. The second-order valence-corrected chi connectivity index (χ2v) is 9.79. The van der Waals surface area contributed by atoms with Crippen molar-refractivity contribution in [1.29, 1.82) is 0 Å². The molecule has 0 N–H and O–H groups in total. The molecule has 2 fully saturated rings. The van der Waals surface area contributed by atoms with Gasteiger partial charge in [0.2, 0.25) is 0 Å². The summed E-state index contributed by atoms with van der Waals surface area (Å²) in [7, 11) is 0. The zero-order valence-electron chi connectivity index (χ0n) is 19.4. The van der Waals surface area contributed by atoms with Crippen LogP contribution >= 0.6 is 0 Å². The van der Waals surface area contributed by atoms with Gasteiger partial charge in [-0.2, -0.15) is 0 Å². The Balaban J connectivity index is 1.40. The van der Waals surface area contributed by atoms with Gasteiger partial charge in [0.1, 0.15) is 17.5 Å². The lowest BCUT2D eigenvalue weighted by molar-refractivity contribution is 0.0746. The van der Waals surface area contributed by atoms with E-state index in [1.807, 2.05) is 24.0 Å². The number of amides is 1. The van der Waals surface area contributed by atoms with E-state index in [1.54, 1.807) is 0 Å². The van der Waals surface area contributed by atoms with Crippen LogP contribution in [0.2, 0.25) is 0 Å². The van der Waals surface area contributed by atoms with E-state index in [0.29, 0.717) is 13.1 Å². The van der Waals surface area contributed by atoms with Crippen molar-refractivity contribution in [2.24, 2.45) is 0 Å². The Bertz CT molecular complexity index is 904. The molecule has 2 aliphatic heterocycles. The van der Waals surface area contributed by atoms with Crippen molar-refractivity contribution in [2.45, 2.75) is 52.4 Å². The normalized spacial score (nSPS) is 17.7. The largest absolute Gasteiger partial charge is 0.356 e. The van der Waals surface area contributed by atoms with Crippen LogP contribution in [0, 0.1) is 6.92 Å². The van der Waals surface area contributed by atoms with Gasteiger partial charge in [0.25, 0.3) is 5.91 Å². The third-order valence-corrected chi connectivity index (χ3v) is 6.38. The lowest BCUT2D eigenvalue weighted by Gasteiger charge is -2.36. The van der Waals surface area contributed by atoms with Crippen LogP contribution in [-0.4, -0.2) is 60.0 Å². The maximum Gasteiger partial charge on any atom is 0.253 e. The zero-order chi connectivity index (χ0) is 22.0. The topological polar surface area (TPSA) is 52.6 Å². The molecule has 1 amide bonds. The van der Waals surface area contributed by atoms with E-state index in [2.05, 4.69) is 53.8 Å². The van der Waals surface area contributed by atoms with Crippen LogP contribution in [0.25, 0.3) is 0 Å². The molecule has 0 unspecified atom stereocenters. The fourth-order valence-electron chi connectivity index (χ4n) is 4.42. The maximum absolute atomic E-state index is 13.0. The monoisotopic (exact) mass is 421 g/mol. The van der Waals surface area contributed by atoms with E-state index < -0.39 is 0 Å². The van der Waals surface area contributed by atoms with Gasteiger partial charge in [-0.05, 0) is 49.3 Å². The number of hydrogen-bond donors (Lipinski definition) is 0. The van der Waals surface area contributed by atoms with Crippen LogP contribution in [0.1, 0.15) is 61.8 Å². The number of rotatable bonds is 3. The highest BCUT2D eigenvalue weighted by molar-refractivity contribution is 5.94. The molecule has 0 saturated carbocycles. The highest BCUT2D eigenvalue weighted by Gasteiger charge is 2.24. The predicted molar refractivity (Wildman–Crippen MR) is 126 cm³/mol. The van der Waals surface area contributed by atoms with Gasteiger partial charge in [-0.3, -0.25) is 4.79 Å². The molecule has 0 spiro atoms. The maximum atomic E-state index is 13.0. The van der Waals surface area contributed by atoms with Gasteiger partial charge in [-0.25, -0.2) is 9.97 Å². The summed E-state index contributed by atoms with van der Waals surface area (Å²) in [5.74, 6) is 2.96. The molecule has 166 valence electrons. The second-order valence-electron chi connectivity index (χ2n) is 9.79. The summed E-state index contributed by atoms with van der Waals surface area (Å²) in [5.41, 5.74) is 2.11. The van der Waals surface area contributed by atoms with Crippen molar-refractivity contribution in [3.63, 3.8) is 0 Å². The van der Waals surface area contributed by atoms with E-state index in [4.69, 9.17) is 4.98 Å². The van der Waals surface area contributed by atoms with Crippen molar-refractivity contribution in [3.8, 4) is 0 Å². The average molecular weight is 422 g/mol.